The first-order valence-electron chi connectivity index (χ1n) is 11.6. The van der Waals surface area contributed by atoms with Crippen LogP contribution in [0.1, 0.15) is 21.6 Å². The number of benzene rings is 1. The number of imidazole rings is 1. The molecule has 11 heteroatoms. The van der Waals surface area contributed by atoms with E-state index in [0.29, 0.717) is 11.2 Å². The molecule has 8 nitrogen and oxygen atoms in total. The molecular formula is C25H25F3N6O2. The normalized spacial score (nSPS) is 14.9. The average Bonchev–Trinajstić information content (AvgIpc) is 3.53. The second kappa shape index (κ2) is 10.1. The Labute approximate surface area is 205 Å². The van der Waals surface area contributed by atoms with Crippen LogP contribution in [0.25, 0.3) is 16.8 Å². The van der Waals surface area contributed by atoms with Crippen molar-refractivity contribution < 1.29 is 22.7 Å². The van der Waals surface area contributed by atoms with Crippen LogP contribution in [0.15, 0.2) is 61.2 Å². The van der Waals surface area contributed by atoms with E-state index in [-0.39, 0.29) is 12.2 Å². The summed E-state index contributed by atoms with van der Waals surface area (Å²) in [6, 6.07) is 8.44. The summed E-state index contributed by atoms with van der Waals surface area (Å²) in [6.45, 7) is 5.21. The van der Waals surface area contributed by atoms with Crippen molar-refractivity contribution in [1.29, 1.82) is 0 Å². The van der Waals surface area contributed by atoms with Crippen molar-refractivity contribution in [3.8, 4) is 11.1 Å². The highest BCUT2D eigenvalue weighted by atomic mass is 19.4. The van der Waals surface area contributed by atoms with Crippen LogP contribution in [0, 0.1) is 0 Å². The number of carbonyl (C=O) groups is 1. The average molecular weight is 499 g/mol. The second-order valence-electron chi connectivity index (χ2n) is 8.63. The van der Waals surface area contributed by atoms with Gasteiger partial charge in [0.05, 0.1) is 31.5 Å². The topological polar surface area (TPSA) is 76.7 Å². The Hall–Kier alpha value is -3.70. The third-order valence-electron chi connectivity index (χ3n) is 6.13. The van der Waals surface area contributed by atoms with Gasteiger partial charge in [-0.15, -0.1) is 0 Å². The minimum atomic E-state index is -4.39. The number of pyridine rings is 1. The number of halogens is 3. The van der Waals surface area contributed by atoms with Crippen molar-refractivity contribution in [1.82, 2.24) is 29.4 Å². The highest BCUT2D eigenvalue weighted by Gasteiger charge is 2.29. The lowest BCUT2D eigenvalue weighted by Crippen LogP contribution is -2.38. The molecule has 1 aliphatic heterocycles. The van der Waals surface area contributed by atoms with E-state index in [1.165, 1.54) is 12.1 Å². The van der Waals surface area contributed by atoms with Gasteiger partial charge in [-0.25, -0.2) is 4.98 Å². The first-order chi connectivity index (χ1) is 17.3. The molecule has 188 valence electrons. The van der Waals surface area contributed by atoms with E-state index in [1.807, 2.05) is 35.4 Å². The van der Waals surface area contributed by atoms with Crippen LogP contribution in [0.2, 0.25) is 0 Å². The number of fused-ring (bicyclic) bond motifs is 1. The second-order valence-corrected chi connectivity index (χ2v) is 8.63. The van der Waals surface area contributed by atoms with Crippen LogP contribution in [0.4, 0.5) is 13.2 Å². The monoisotopic (exact) mass is 498 g/mol. The molecule has 0 saturated carbocycles. The van der Waals surface area contributed by atoms with E-state index in [9.17, 15) is 18.0 Å². The fraction of sp³-hybridized carbons (Fsp3) is 0.320. The fourth-order valence-electron chi connectivity index (χ4n) is 4.06. The zero-order valence-corrected chi connectivity index (χ0v) is 19.4. The molecule has 0 bridgehead atoms. The Morgan fingerprint density at radius 1 is 0.972 bits per heavy atom. The lowest BCUT2D eigenvalue weighted by atomic mass is 10.1. The van der Waals surface area contributed by atoms with Gasteiger partial charge in [0.25, 0.3) is 5.91 Å². The van der Waals surface area contributed by atoms with Crippen LogP contribution in [-0.2, 0) is 24.0 Å². The van der Waals surface area contributed by atoms with Crippen molar-refractivity contribution in [2.75, 3.05) is 32.8 Å². The van der Waals surface area contributed by atoms with Gasteiger partial charge in [0.15, 0.2) is 0 Å². The summed E-state index contributed by atoms with van der Waals surface area (Å²) in [5.41, 5.74) is 2.57. The van der Waals surface area contributed by atoms with E-state index in [4.69, 9.17) is 4.74 Å². The molecule has 0 atom stereocenters. The molecule has 1 saturated heterocycles. The number of amides is 1. The quantitative estimate of drug-likeness (QED) is 0.422. The molecule has 1 N–H and O–H groups in total. The minimum Gasteiger partial charge on any atom is -0.379 e. The van der Waals surface area contributed by atoms with E-state index in [0.717, 1.165) is 62.7 Å². The number of rotatable bonds is 7. The Morgan fingerprint density at radius 3 is 2.50 bits per heavy atom. The van der Waals surface area contributed by atoms with Crippen molar-refractivity contribution in [3.63, 3.8) is 0 Å². The summed E-state index contributed by atoms with van der Waals surface area (Å²) in [4.78, 5) is 19.3. The molecule has 0 unspecified atom stereocenters. The van der Waals surface area contributed by atoms with Gasteiger partial charge in [-0.3, -0.25) is 14.4 Å². The van der Waals surface area contributed by atoms with Gasteiger partial charge < -0.3 is 14.5 Å². The molecule has 0 aliphatic carbocycles. The largest absolute Gasteiger partial charge is 0.416 e. The van der Waals surface area contributed by atoms with Gasteiger partial charge in [-0.1, -0.05) is 12.1 Å². The number of carbonyl (C=O) groups excluding carboxylic acids is 1. The zero-order valence-electron chi connectivity index (χ0n) is 19.4. The fourth-order valence-corrected chi connectivity index (χ4v) is 4.06. The van der Waals surface area contributed by atoms with Crippen LogP contribution in [0.3, 0.4) is 0 Å². The Balaban J connectivity index is 1.21. The summed E-state index contributed by atoms with van der Waals surface area (Å²) in [5.74, 6) is -0.406. The molecular weight excluding hydrogens is 473 g/mol. The van der Waals surface area contributed by atoms with Gasteiger partial charge in [-0.2, -0.15) is 18.3 Å². The van der Waals surface area contributed by atoms with Crippen molar-refractivity contribution in [2.45, 2.75) is 19.3 Å². The van der Waals surface area contributed by atoms with Gasteiger partial charge >= 0.3 is 6.18 Å². The van der Waals surface area contributed by atoms with Crippen molar-refractivity contribution in [3.05, 3.63) is 78.0 Å². The van der Waals surface area contributed by atoms with E-state index >= 15 is 0 Å². The zero-order chi connectivity index (χ0) is 25.1. The molecule has 1 amide bonds. The smallest absolute Gasteiger partial charge is 0.379 e. The highest BCUT2D eigenvalue weighted by molar-refractivity contribution is 5.92. The van der Waals surface area contributed by atoms with E-state index in [2.05, 4.69) is 20.3 Å². The van der Waals surface area contributed by atoms with Gasteiger partial charge in [0.2, 0.25) is 0 Å². The predicted molar refractivity (Wildman–Crippen MR) is 126 cm³/mol. The molecule has 4 heterocycles. The Bertz CT molecular complexity index is 1340. The summed E-state index contributed by atoms with van der Waals surface area (Å²) < 4.78 is 47.2. The number of nitrogens with one attached hydrogen (secondary N) is 1. The first kappa shape index (κ1) is 24.0. The Kier molecular flexibility index (Phi) is 6.75. The number of morpholine rings is 1. The molecule has 1 fully saturated rings. The van der Waals surface area contributed by atoms with Crippen LogP contribution in [0.5, 0.6) is 0 Å². The summed E-state index contributed by atoms with van der Waals surface area (Å²) >= 11 is 0. The third kappa shape index (κ3) is 5.58. The maximum Gasteiger partial charge on any atom is 0.416 e. The van der Waals surface area contributed by atoms with Crippen LogP contribution >= 0.6 is 0 Å². The number of aromatic nitrogens is 4. The predicted octanol–water partition coefficient (Wildman–Crippen LogP) is 3.48. The number of alkyl halides is 3. The van der Waals surface area contributed by atoms with Crippen molar-refractivity contribution in [2.24, 2.45) is 0 Å². The van der Waals surface area contributed by atoms with Gasteiger partial charge in [-0.05, 0) is 29.8 Å². The molecule has 0 radical (unpaired) electrons. The number of hydrogen-bond donors (Lipinski definition) is 1. The number of ether oxygens (including phenoxy) is 1. The summed E-state index contributed by atoms with van der Waals surface area (Å²) in [5, 5.41) is 7.17. The summed E-state index contributed by atoms with van der Waals surface area (Å²) in [7, 11) is 0. The summed E-state index contributed by atoms with van der Waals surface area (Å²) in [6.07, 6.45) is 2.94. The maximum absolute atomic E-state index is 12.7. The number of nitrogens with zero attached hydrogens (tertiary/aromatic N) is 5. The standard InChI is InChI=1S/C25H25F3N6O2/c26-25(27,28)21-4-1-18(2-5-21)13-29-24(35)22-17-33-15-19(3-6-23(33)31-22)20-14-30-34(16-20)8-7-32-9-11-36-12-10-32/h1-6,14-17H,7-13H2,(H,29,35). The highest BCUT2D eigenvalue weighted by Crippen LogP contribution is 2.29. The molecule has 1 aliphatic rings. The van der Waals surface area contributed by atoms with Gasteiger partial charge in [0, 0.05) is 55.9 Å². The van der Waals surface area contributed by atoms with Gasteiger partial charge in [0.1, 0.15) is 11.3 Å². The molecule has 4 aromatic rings. The first-order valence-corrected chi connectivity index (χ1v) is 11.6. The van der Waals surface area contributed by atoms with E-state index in [1.54, 1.807) is 10.6 Å². The van der Waals surface area contributed by atoms with Crippen molar-refractivity contribution >= 4 is 11.6 Å². The minimum absolute atomic E-state index is 0.0970. The maximum atomic E-state index is 12.7. The molecule has 36 heavy (non-hydrogen) atoms. The van der Waals surface area contributed by atoms with Crippen LogP contribution < -0.4 is 5.32 Å². The molecule has 5 rings (SSSR count). The SMILES string of the molecule is O=C(NCc1ccc(C(F)(F)F)cc1)c1cn2cc(-c3cnn(CCN4CCOCC4)c3)ccc2n1. The molecule has 3 aromatic heterocycles. The Morgan fingerprint density at radius 2 is 1.75 bits per heavy atom. The lowest BCUT2D eigenvalue weighted by molar-refractivity contribution is -0.137. The van der Waals surface area contributed by atoms with E-state index < -0.39 is 17.6 Å². The molecule has 1 aromatic carbocycles. The van der Waals surface area contributed by atoms with Crippen LogP contribution in [-0.4, -0.2) is 62.8 Å². The molecule has 0 spiro atoms. The number of hydrogen-bond acceptors (Lipinski definition) is 5. The third-order valence-corrected chi connectivity index (χ3v) is 6.13. The lowest BCUT2D eigenvalue weighted by Gasteiger charge is -2.26.